The molecule has 4 rings (SSSR count). The zero-order valence-electron chi connectivity index (χ0n) is 18.5. The predicted octanol–water partition coefficient (Wildman–Crippen LogP) is 2.91. The lowest BCUT2D eigenvalue weighted by molar-refractivity contribution is -0.129. The molecule has 3 N–H and O–H groups in total. The second-order valence-corrected chi connectivity index (χ2v) is 9.23. The van der Waals surface area contributed by atoms with Crippen LogP contribution in [-0.4, -0.2) is 43.9 Å². The number of carbonyl (C=O) groups excluding carboxylic acids is 1. The molecule has 1 aliphatic heterocycles. The molecular formula is C24H23N3O6S. The molecule has 0 radical (unpaired) electrons. The Morgan fingerprint density at radius 2 is 1.59 bits per heavy atom. The maximum Gasteiger partial charge on any atom is 0.269 e. The number of hydrogen-bond acceptors (Lipinski definition) is 7. The van der Waals surface area contributed by atoms with E-state index in [1.54, 1.807) is 67.8 Å². The van der Waals surface area contributed by atoms with Gasteiger partial charge in [0.15, 0.2) is 11.5 Å². The zero-order valence-corrected chi connectivity index (χ0v) is 19.3. The van der Waals surface area contributed by atoms with Crippen LogP contribution in [0.4, 0.5) is 0 Å². The van der Waals surface area contributed by atoms with Gasteiger partial charge in [0.05, 0.1) is 7.11 Å². The first-order valence-corrected chi connectivity index (χ1v) is 11.8. The Morgan fingerprint density at radius 3 is 2.18 bits per heavy atom. The maximum atomic E-state index is 13.4. The van der Waals surface area contributed by atoms with Gasteiger partial charge in [-0.1, -0.05) is 42.5 Å². The molecule has 0 aromatic heterocycles. The van der Waals surface area contributed by atoms with Gasteiger partial charge < -0.3 is 15.2 Å². The molecule has 176 valence electrons. The van der Waals surface area contributed by atoms with Crippen LogP contribution in [0.15, 0.2) is 77.8 Å². The molecule has 0 bridgehead atoms. The van der Waals surface area contributed by atoms with Gasteiger partial charge in [-0.25, -0.2) is 4.99 Å². The van der Waals surface area contributed by atoms with E-state index in [0.717, 1.165) is 0 Å². The van der Waals surface area contributed by atoms with Crippen LogP contribution in [0.3, 0.4) is 0 Å². The van der Waals surface area contributed by atoms with Gasteiger partial charge in [0, 0.05) is 13.1 Å². The molecule has 34 heavy (non-hydrogen) atoms. The number of nitrogens with zero attached hydrogens (tertiary/aromatic N) is 2. The molecule has 3 aromatic carbocycles. The summed E-state index contributed by atoms with van der Waals surface area (Å²) < 4.78 is 42.8. The van der Waals surface area contributed by atoms with Crippen LogP contribution < -0.4 is 15.2 Å². The van der Waals surface area contributed by atoms with Crippen molar-refractivity contribution in [2.75, 3.05) is 14.2 Å². The van der Waals surface area contributed by atoms with Gasteiger partial charge in [0.25, 0.3) is 16.0 Å². The van der Waals surface area contributed by atoms with E-state index < -0.39 is 21.4 Å². The second-order valence-electron chi connectivity index (χ2n) is 7.78. The van der Waals surface area contributed by atoms with E-state index in [9.17, 15) is 13.2 Å². The Balaban J connectivity index is 1.77. The van der Waals surface area contributed by atoms with Crippen LogP contribution >= 0.6 is 0 Å². The minimum absolute atomic E-state index is 0.0473. The average Bonchev–Trinajstić information content (AvgIpc) is 3.03. The van der Waals surface area contributed by atoms with Crippen LogP contribution in [0.25, 0.3) is 0 Å². The van der Waals surface area contributed by atoms with Crippen LogP contribution in [0.1, 0.15) is 16.7 Å². The summed E-state index contributed by atoms with van der Waals surface area (Å²) >= 11 is 0. The van der Waals surface area contributed by atoms with Gasteiger partial charge in [-0.05, 0) is 41.0 Å². The lowest BCUT2D eigenvalue weighted by Gasteiger charge is -2.26. The molecule has 0 spiro atoms. The first kappa shape index (κ1) is 23.3. The van der Waals surface area contributed by atoms with E-state index in [1.807, 2.05) is 0 Å². The highest BCUT2D eigenvalue weighted by Gasteiger charge is 2.49. The smallest absolute Gasteiger partial charge is 0.269 e. The van der Waals surface area contributed by atoms with E-state index >= 15 is 0 Å². The summed E-state index contributed by atoms with van der Waals surface area (Å²) in [4.78, 5) is 19.2. The first-order chi connectivity index (χ1) is 16.1. The molecule has 0 saturated carbocycles. The monoisotopic (exact) mass is 481 g/mol. The fraction of sp³-hybridized carbons (Fsp3) is 0.167. The Kier molecular flexibility index (Phi) is 6.03. The van der Waals surface area contributed by atoms with Crippen LogP contribution in [-0.2, 0) is 26.2 Å². The predicted molar refractivity (Wildman–Crippen MR) is 126 cm³/mol. The third-order valence-electron chi connectivity index (χ3n) is 5.49. The highest BCUT2D eigenvalue weighted by atomic mass is 32.2. The Morgan fingerprint density at radius 1 is 0.971 bits per heavy atom. The van der Waals surface area contributed by atoms with E-state index in [4.69, 9.17) is 19.8 Å². The summed E-state index contributed by atoms with van der Waals surface area (Å²) in [5.74, 6) is 0.808. The van der Waals surface area contributed by atoms with Crippen molar-refractivity contribution >= 4 is 22.0 Å². The van der Waals surface area contributed by atoms with Gasteiger partial charge in [-0.3, -0.25) is 14.2 Å². The molecule has 1 amide bonds. The first-order valence-electron chi connectivity index (χ1n) is 10.2. The third kappa shape index (κ3) is 4.45. The number of nitrogens with two attached hydrogens (primary N) is 1. The van der Waals surface area contributed by atoms with Crippen molar-refractivity contribution in [2.45, 2.75) is 11.3 Å². The number of aliphatic imine (C=N–C) groups is 1. The lowest BCUT2D eigenvalue weighted by atomic mass is 9.82. The Hall–Kier alpha value is -3.89. The van der Waals surface area contributed by atoms with Crippen molar-refractivity contribution in [3.8, 4) is 17.2 Å². The topological polar surface area (TPSA) is 132 Å². The minimum atomic E-state index is -4.19. The SMILES string of the molecule is COc1cccc(Oc2cccc(C3(c4ccc(CS(=O)(=O)O)cc4)N=C(N)N(C)C3=O)c2)c1. The number of ether oxygens (including phenoxy) is 2. The largest absolute Gasteiger partial charge is 0.497 e. The standard InChI is InChI=1S/C24H23N3O6S/c1-27-22(28)24(26-23(27)25,17-11-9-16(10-12-17)15-34(29,30)31)18-5-3-7-20(13-18)33-21-8-4-6-19(14-21)32-2/h3-14H,15H2,1-2H3,(H2,25,26)(H,29,30,31). The molecule has 1 unspecified atom stereocenters. The fourth-order valence-corrected chi connectivity index (χ4v) is 4.44. The summed E-state index contributed by atoms with van der Waals surface area (Å²) in [5.41, 5.74) is 5.92. The second kappa shape index (κ2) is 8.81. The minimum Gasteiger partial charge on any atom is -0.497 e. The van der Waals surface area contributed by atoms with Crippen LogP contribution in [0.2, 0.25) is 0 Å². The lowest BCUT2D eigenvalue weighted by Crippen LogP contribution is -2.41. The number of hydrogen-bond donors (Lipinski definition) is 2. The number of rotatable bonds is 7. The molecule has 0 fully saturated rings. The molecule has 0 saturated heterocycles. The van der Waals surface area contributed by atoms with Gasteiger partial charge in [-0.15, -0.1) is 0 Å². The Bertz CT molecular complexity index is 1370. The van der Waals surface area contributed by atoms with Gasteiger partial charge in [-0.2, -0.15) is 8.42 Å². The quantitative estimate of drug-likeness (QED) is 0.496. The number of carbonyl (C=O) groups is 1. The number of methoxy groups -OCH3 is 1. The summed E-state index contributed by atoms with van der Waals surface area (Å²) in [6.45, 7) is 0. The molecule has 1 heterocycles. The molecule has 1 atom stereocenters. The molecule has 9 nitrogen and oxygen atoms in total. The van der Waals surface area contributed by atoms with Gasteiger partial charge in [0.1, 0.15) is 23.0 Å². The Labute approximate surface area is 197 Å². The summed E-state index contributed by atoms with van der Waals surface area (Å²) in [7, 11) is -1.09. The summed E-state index contributed by atoms with van der Waals surface area (Å²) in [6.07, 6.45) is 0. The number of likely N-dealkylation sites (N-methyl/N-ethyl adjacent to an activating group) is 1. The molecular weight excluding hydrogens is 458 g/mol. The van der Waals surface area contributed by atoms with Crippen molar-refractivity contribution in [1.29, 1.82) is 0 Å². The average molecular weight is 482 g/mol. The van der Waals surface area contributed by atoms with E-state index in [0.29, 0.717) is 33.9 Å². The highest BCUT2D eigenvalue weighted by molar-refractivity contribution is 7.85. The zero-order chi connectivity index (χ0) is 24.5. The summed E-state index contributed by atoms with van der Waals surface area (Å²) in [5, 5.41) is 0. The van der Waals surface area contributed by atoms with Gasteiger partial charge in [0.2, 0.25) is 0 Å². The van der Waals surface area contributed by atoms with E-state index in [2.05, 4.69) is 4.99 Å². The van der Waals surface area contributed by atoms with E-state index in [1.165, 1.54) is 24.1 Å². The van der Waals surface area contributed by atoms with Crippen molar-refractivity contribution in [3.05, 3.63) is 89.5 Å². The van der Waals surface area contributed by atoms with Crippen molar-refractivity contribution in [3.63, 3.8) is 0 Å². The van der Waals surface area contributed by atoms with Gasteiger partial charge >= 0.3 is 0 Å². The molecule has 0 aliphatic carbocycles. The van der Waals surface area contributed by atoms with Crippen LogP contribution in [0.5, 0.6) is 17.2 Å². The van der Waals surface area contributed by atoms with Crippen molar-refractivity contribution in [2.24, 2.45) is 10.7 Å². The molecule has 10 heteroatoms. The normalized spacial score (nSPS) is 18.0. The number of guanidine groups is 1. The third-order valence-corrected chi connectivity index (χ3v) is 6.19. The fourth-order valence-electron chi connectivity index (χ4n) is 3.82. The molecule has 1 aliphatic rings. The van der Waals surface area contributed by atoms with Crippen molar-refractivity contribution in [1.82, 2.24) is 4.90 Å². The maximum absolute atomic E-state index is 13.4. The van der Waals surface area contributed by atoms with Crippen LogP contribution in [0, 0.1) is 0 Å². The highest BCUT2D eigenvalue weighted by Crippen LogP contribution is 2.41. The summed E-state index contributed by atoms with van der Waals surface area (Å²) in [6, 6.07) is 20.3. The number of benzene rings is 3. The van der Waals surface area contributed by atoms with Crippen molar-refractivity contribution < 1.29 is 27.2 Å². The molecule has 3 aromatic rings. The van der Waals surface area contributed by atoms with E-state index in [-0.39, 0.29) is 11.9 Å². The number of amides is 1.